The fourth-order valence-electron chi connectivity index (χ4n) is 1.94. The highest BCUT2D eigenvalue weighted by Crippen LogP contribution is 2.43. The van der Waals surface area contributed by atoms with Crippen molar-refractivity contribution in [2.75, 3.05) is 14.2 Å². The summed E-state index contributed by atoms with van der Waals surface area (Å²) in [5, 5.41) is 0.505. The van der Waals surface area contributed by atoms with Crippen molar-refractivity contribution in [3.05, 3.63) is 56.8 Å². The van der Waals surface area contributed by atoms with E-state index in [1.54, 1.807) is 32.4 Å². The van der Waals surface area contributed by atoms with E-state index in [0.29, 0.717) is 16.5 Å². The van der Waals surface area contributed by atoms with Crippen LogP contribution in [-0.2, 0) is 0 Å². The van der Waals surface area contributed by atoms with Gasteiger partial charge in [0.1, 0.15) is 5.82 Å². The Labute approximate surface area is 144 Å². The first-order valence-electron chi connectivity index (χ1n) is 5.98. The largest absolute Gasteiger partial charge is 0.493 e. The summed E-state index contributed by atoms with van der Waals surface area (Å²) in [5.74, 6) is 0.799. The number of hydrogen-bond donors (Lipinski definition) is 0. The summed E-state index contributed by atoms with van der Waals surface area (Å²) >= 11 is 13.3. The van der Waals surface area contributed by atoms with Gasteiger partial charge in [-0.3, -0.25) is 0 Å². The summed E-state index contributed by atoms with van der Waals surface area (Å²) in [6.07, 6.45) is 0. The van der Waals surface area contributed by atoms with E-state index >= 15 is 0 Å². The molecule has 2 rings (SSSR count). The summed E-state index contributed by atoms with van der Waals surface area (Å²) in [6.45, 7) is 0. The van der Waals surface area contributed by atoms with E-state index in [0.717, 1.165) is 15.6 Å². The molecule has 0 spiro atoms. The fraction of sp³-hybridized carbons (Fsp3) is 0.200. The molecule has 0 amide bonds. The van der Waals surface area contributed by atoms with Crippen LogP contribution in [0.25, 0.3) is 0 Å². The Hall–Kier alpha value is -0.780. The molecule has 0 fully saturated rings. The molecule has 0 heterocycles. The Morgan fingerprint density at radius 1 is 1.05 bits per heavy atom. The monoisotopic (exact) mass is 436 g/mol. The number of alkyl halides is 1. The van der Waals surface area contributed by atoms with Gasteiger partial charge in [-0.15, -0.1) is 0 Å². The average molecular weight is 439 g/mol. The zero-order valence-corrected chi connectivity index (χ0v) is 15.2. The molecule has 0 radical (unpaired) electrons. The molecule has 112 valence electrons. The molecule has 6 heteroatoms. The second kappa shape index (κ2) is 6.99. The standard InChI is InChI=1S/C15H12Br2ClFO2/c1-20-13-6-10(12(18)7-14(13)21-2)15(17)9-5-8(19)3-4-11(9)16/h3-7,15H,1-2H3. The second-order valence-electron chi connectivity index (χ2n) is 4.26. The maximum Gasteiger partial charge on any atom is 0.162 e. The molecule has 0 aliphatic carbocycles. The summed E-state index contributed by atoms with van der Waals surface area (Å²) in [5.41, 5.74) is 1.50. The van der Waals surface area contributed by atoms with Gasteiger partial charge in [0.15, 0.2) is 11.5 Å². The lowest BCUT2D eigenvalue weighted by Crippen LogP contribution is -1.99. The third-order valence-electron chi connectivity index (χ3n) is 3.01. The molecule has 2 aromatic carbocycles. The number of hydrogen-bond acceptors (Lipinski definition) is 2. The second-order valence-corrected chi connectivity index (χ2v) is 6.43. The minimum atomic E-state index is -0.311. The maximum atomic E-state index is 13.5. The van der Waals surface area contributed by atoms with Gasteiger partial charge in [0, 0.05) is 15.6 Å². The van der Waals surface area contributed by atoms with E-state index in [-0.39, 0.29) is 10.6 Å². The summed E-state index contributed by atoms with van der Waals surface area (Å²) in [7, 11) is 3.10. The van der Waals surface area contributed by atoms with Crippen LogP contribution >= 0.6 is 43.5 Å². The van der Waals surface area contributed by atoms with Gasteiger partial charge >= 0.3 is 0 Å². The Bertz CT molecular complexity index is 664. The van der Waals surface area contributed by atoms with Crippen LogP contribution in [0.3, 0.4) is 0 Å². The lowest BCUT2D eigenvalue weighted by atomic mass is 10.0. The van der Waals surface area contributed by atoms with E-state index in [9.17, 15) is 4.39 Å². The zero-order chi connectivity index (χ0) is 15.6. The molecule has 0 saturated carbocycles. The van der Waals surface area contributed by atoms with E-state index in [4.69, 9.17) is 21.1 Å². The SMILES string of the molecule is COc1cc(Cl)c(C(Br)c2cc(F)ccc2Br)cc1OC. The molecule has 0 bridgehead atoms. The van der Waals surface area contributed by atoms with E-state index in [1.165, 1.54) is 12.1 Å². The van der Waals surface area contributed by atoms with Crippen LogP contribution in [0.15, 0.2) is 34.8 Å². The first-order valence-corrected chi connectivity index (χ1v) is 8.07. The van der Waals surface area contributed by atoms with Gasteiger partial charge in [0.25, 0.3) is 0 Å². The quantitative estimate of drug-likeness (QED) is 0.567. The summed E-state index contributed by atoms with van der Waals surface area (Å²) < 4.78 is 24.7. The molecule has 2 nitrogen and oxygen atoms in total. The number of benzene rings is 2. The van der Waals surface area contributed by atoms with Crippen LogP contribution in [0.1, 0.15) is 16.0 Å². The number of methoxy groups -OCH3 is 2. The highest BCUT2D eigenvalue weighted by atomic mass is 79.9. The third-order valence-corrected chi connectivity index (χ3v) is 5.04. The van der Waals surface area contributed by atoms with Gasteiger partial charge in [0.2, 0.25) is 0 Å². The van der Waals surface area contributed by atoms with Crippen LogP contribution in [-0.4, -0.2) is 14.2 Å². The molecule has 21 heavy (non-hydrogen) atoms. The van der Waals surface area contributed by atoms with Crippen LogP contribution in [0, 0.1) is 5.82 Å². The number of ether oxygens (including phenoxy) is 2. The van der Waals surface area contributed by atoms with Gasteiger partial charge in [-0.05, 0) is 35.4 Å². The molecule has 1 atom stereocenters. The van der Waals surface area contributed by atoms with Gasteiger partial charge in [-0.2, -0.15) is 0 Å². The highest BCUT2D eigenvalue weighted by Gasteiger charge is 2.20. The molecule has 2 aromatic rings. The molecular formula is C15H12Br2ClFO2. The fourth-order valence-corrected chi connectivity index (χ4v) is 3.88. The van der Waals surface area contributed by atoms with Crippen molar-refractivity contribution in [1.82, 2.24) is 0 Å². The number of rotatable bonds is 4. The smallest absolute Gasteiger partial charge is 0.162 e. The van der Waals surface area contributed by atoms with E-state index in [1.807, 2.05) is 0 Å². The maximum absolute atomic E-state index is 13.5. The van der Waals surface area contributed by atoms with Crippen molar-refractivity contribution in [2.45, 2.75) is 4.83 Å². The van der Waals surface area contributed by atoms with E-state index < -0.39 is 0 Å². The topological polar surface area (TPSA) is 18.5 Å². The van der Waals surface area contributed by atoms with Crippen molar-refractivity contribution >= 4 is 43.5 Å². The van der Waals surface area contributed by atoms with Crippen molar-refractivity contribution in [3.8, 4) is 11.5 Å². The predicted octanol–water partition coefficient (Wildman–Crippen LogP) is 5.74. The van der Waals surface area contributed by atoms with Crippen LogP contribution in [0.2, 0.25) is 5.02 Å². The lowest BCUT2D eigenvalue weighted by Gasteiger charge is -2.17. The third kappa shape index (κ3) is 3.52. The highest BCUT2D eigenvalue weighted by molar-refractivity contribution is 9.11. The first-order chi connectivity index (χ1) is 9.97. The molecule has 0 aliphatic rings. The molecule has 0 N–H and O–H groups in total. The van der Waals surface area contributed by atoms with Crippen LogP contribution < -0.4 is 9.47 Å². The van der Waals surface area contributed by atoms with Crippen LogP contribution in [0.4, 0.5) is 4.39 Å². The summed E-state index contributed by atoms with van der Waals surface area (Å²) in [6, 6.07) is 7.96. The Morgan fingerprint density at radius 2 is 1.67 bits per heavy atom. The van der Waals surface area contributed by atoms with Gasteiger partial charge in [0.05, 0.1) is 19.0 Å². The first kappa shape index (κ1) is 16.6. The Balaban J connectivity index is 2.52. The minimum absolute atomic E-state index is 0.283. The van der Waals surface area contributed by atoms with Crippen LogP contribution in [0.5, 0.6) is 11.5 Å². The van der Waals surface area contributed by atoms with E-state index in [2.05, 4.69) is 31.9 Å². The molecular weight excluding hydrogens is 426 g/mol. The van der Waals surface area contributed by atoms with Crippen molar-refractivity contribution in [3.63, 3.8) is 0 Å². The predicted molar refractivity (Wildman–Crippen MR) is 89.4 cm³/mol. The molecule has 0 aliphatic heterocycles. The lowest BCUT2D eigenvalue weighted by molar-refractivity contribution is 0.354. The Kier molecular flexibility index (Phi) is 5.52. The van der Waals surface area contributed by atoms with Gasteiger partial charge in [-0.1, -0.05) is 43.5 Å². The van der Waals surface area contributed by atoms with Gasteiger partial charge < -0.3 is 9.47 Å². The zero-order valence-electron chi connectivity index (χ0n) is 11.3. The average Bonchev–Trinajstić information content (AvgIpc) is 2.48. The van der Waals surface area contributed by atoms with Crippen molar-refractivity contribution in [1.29, 1.82) is 0 Å². The van der Waals surface area contributed by atoms with Gasteiger partial charge in [-0.25, -0.2) is 4.39 Å². The normalized spacial score (nSPS) is 12.1. The van der Waals surface area contributed by atoms with Crippen molar-refractivity contribution in [2.24, 2.45) is 0 Å². The van der Waals surface area contributed by atoms with Crippen molar-refractivity contribution < 1.29 is 13.9 Å². The number of halogens is 4. The molecule has 0 aromatic heterocycles. The minimum Gasteiger partial charge on any atom is -0.493 e. The molecule has 1 unspecified atom stereocenters. The molecule has 0 saturated heterocycles. The Morgan fingerprint density at radius 3 is 2.29 bits per heavy atom. The summed E-state index contributed by atoms with van der Waals surface area (Å²) in [4.78, 5) is -0.283.